The van der Waals surface area contributed by atoms with Crippen LogP contribution >= 0.6 is 23.2 Å². The average Bonchev–Trinajstić information content (AvgIpc) is 3.83. The van der Waals surface area contributed by atoms with Crippen molar-refractivity contribution in [2.45, 2.75) is 51.0 Å². The molecule has 0 unspecified atom stereocenters. The van der Waals surface area contributed by atoms with E-state index in [2.05, 4.69) is 40.1 Å². The fourth-order valence-corrected chi connectivity index (χ4v) is 6.09. The molecule has 0 fully saturated rings. The Morgan fingerprint density at radius 3 is 1.33 bits per heavy atom. The molecule has 2 aromatic carbocycles. The summed E-state index contributed by atoms with van der Waals surface area (Å²) in [5, 5.41) is 29.9. The molecule has 20 heteroatoms. The van der Waals surface area contributed by atoms with Gasteiger partial charge in [0.2, 0.25) is 0 Å². The molecule has 0 radical (unpaired) electrons. The van der Waals surface area contributed by atoms with Crippen molar-refractivity contribution in [3.05, 3.63) is 142 Å². The molecule has 0 aliphatic heterocycles. The predicted octanol–water partition coefficient (Wildman–Crippen LogP) is 5.81. The van der Waals surface area contributed by atoms with Gasteiger partial charge in [0.25, 0.3) is 0 Å². The van der Waals surface area contributed by atoms with Gasteiger partial charge in [-0.2, -0.15) is 10.2 Å². The van der Waals surface area contributed by atoms with Crippen LogP contribution in [-0.4, -0.2) is 59.7 Å². The van der Waals surface area contributed by atoms with Crippen molar-refractivity contribution in [2.75, 3.05) is 0 Å². The summed E-state index contributed by atoms with van der Waals surface area (Å²) in [6.45, 7) is 2.82. The zero-order chi connectivity index (χ0) is 39.2. The van der Waals surface area contributed by atoms with Crippen molar-refractivity contribution in [1.82, 2.24) is 49.5 Å². The first-order chi connectivity index (χ1) is 25.6. The van der Waals surface area contributed by atoms with E-state index in [0.29, 0.717) is 12.1 Å². The molecule has 4 heterocycles. The van der Waals surface area contributed by atoms with E-state index in [-0.39, 0.29) is 58.8 Å². The number of rotatable bonds is 12. The second kappa shape index (κ2) is 17.0. The summed E-state index contributed by atoms with van der Waals surface area (Å²) in [6.07, 6.45) is 7.27. The fraction of sp³-hybridized carbons (Fsp3) is 0.294. The number of aromatic nitrogens is 10. The van der Waals surface area contributed by atoms with Crippen LogP contribution in [0.3, 0.4) is 0 Å². The second-order valence-electron chi connectivity index (χ2n) is 12.3. The van der Waals surface area contributed by atoms with E-state index in [4.69, 9.17) is 23.2 Å². The van der Waals surface area contributed by atoms with Gasteiger partial charge < -0.3 is 10.2 Å². The number of hydrogen-bond donors (Lipinski definition) is 2. The molecule has 0 spiro atoms. The molecule has 54 heavy (non-hydrogen) atoms. The zero-order valence-corrected chi connectivity index (χ0v) is 29.8. The average molecular weight is 796 g/mol. The molecule has 0 bridgehead atoms. The predicted molar refractivity (Wildman–Crippen MR) is 180 cm³/mol. The lowest BCUT2D eigenvalue weighted by atomic mass is 9.79. The molecule has 6 aromatic rings. The van der Waals surface area contributed by atoms with Crippen molar-refractivity contribution >= 4 is 23.2 Å². The number of nitrogens with zero attached hydrogens (tertiary/aromatic N) is 10. The number of hydrogen-bond acceptors (Lipinski definition) is 10. The van der Waals surface area contributed by atoms with E-state index in [1.165, 1.54) is 34.7 Å². The highest BCUT2D eigenvalue weighted by Gasteiger charge is 2.41. The highest BCUT2D eigenvalue weighted by Crippen LogP contribution is 2.37. The molecule has 0 saturated heterocycles. The van der Waals surface area contributed by atoms with Crippen LogP contribution in [0.2, 0.25) is 10.3 Å². The summed E-state index contributed by atoms with van der Waals surface area (Å²) in [5.41, 5.74) is -4.05. The standard InChI is InChI=1S/2C17H15ClF3N5O/c2*1-10(4-14-15(21)16(18)24-8-23-14)17(27,6-26-9-22-7-25-26)12-3-2-11(19)5-13(12)20/h2*2-3,5,7-10,27H,4,6H2,1H3/t2*10-,17-/m10/s1. The van der Waals surface area contributed by atoms with E-state index in [0.717, 1.165) is 36.9 Å². The zero-order valence-electron chi connectivity index (χ0n) is 28.3. The van der Waals surface area contributed by atoms with Crippen molar-refractivity contribution in [3.63, 3.8) is 0 Å². The highest BCUT2D eigenvalue weighted by atomic mass is 35.5. The van der Waals surface area contributed by atoms with Crippen LogP contribution in [0.1, 0.15) is 36.4 Å². The lowest BCUT2D eigenvalue weighted by Crippen LogP contribution is -2.40. The normalized spacial score (nSPS) is 14.7. The first kappa shape index (κ1) is 40.2. The first-order valence-electron chi connectivity index (χ1n) is 15.9. The summed E-state index contributed by atoms with van der Waals surface area (Å²) in [6, 6.07) is 5.75. The first-order valence-corrected chi connectivity index (χ1v) is 16.7. The summed E-state index contributed by atoms with van der Waals surface area (Å²) in [5.74, 6) is -6.52. The maximum Gasteiger partial charge on any atom is 0.181 e. The minimum atomic E-state index is -1.85. The molecule has 4 aromatic heterocycles. The van der Waals surface area contributed by atoms with Gasteiger partial charge in [0, 0.05) is 23.3 Å². The van der Waals surface area contributed by atoms with E-state index in [9.17, 15) is 36.6 Å². The molecular weight excluding hydrogens is 765 g/mol. The van der Waals surface area contributed by atoms with Gasteiger partial charge in [-0.1, -0.05) is 49.2 Å². The van der Waals surface area contributed by atoms with E-state index >= 15 is 0 Å². The number of aliphatic hydroxyl groups is 2. The molecule has 0 aliphatic rings. The lowest BCUT2D eigenvalue weighted by molar-refractivity contribution is -0.0397. The van der Waals surface area contributed by atoms with Crippen LogP contribution < -0.4 is 0 Å². The van der Waals surface area contributed by atoms with Crippen molar-refractivity contribution in [3.8, 4) is 0 Å². The van der Waals surface area contributed by atoms with Gasteiger partial charge in [0.15, 0.2) is 21.9 Å². The van der Waals surface area contributed by atoms with Gasteiger partial charge in [0.05, 0.1) is 24.5 Å². The van der Waals surface area contributed by atoms with Crippen molar-refractivity contribution in [2.24, 2.45) is 11.8 Å². The Labute approximate surface area is 313 Å². The molecule has 12 nitrogen and oxygen atoms in total. The van der Waals surface area contributed by atoms with Gasteiger partial charge in [0.1, 0.15) is 72.4 Å². The topological polar surface area (TPSA) is 153 Å². The Kier molecular flexibility index (Phi) is 12.6. The summed E-state index contributed by atoms with van der Waals surface area (Å²) in [4.78, 5) is 22.4. The smallest absolute Gasteiger partial charge is 0.181 e. The quantitative estimate of drug-likeness (QED) is 0.115. The van der Waals surface area contributed by atoms with Gasteiger partial charge in [-0.15, -0.1) is 0 Å². The molecule has 2 N–H and O–H groups in total. The van der Waals surface area contributed by atoms with Gasteiger partial charge in [-0.3, -0.25) is 0 Å². The summed E-state index contributed by atoms with van der Waals surface area (Å²) in [7, 11) is 0. The molecule has 0 amide bonds. The van der Waals surface area contributed by atoms with E-state index < -0.39 is 57.9 Å². The van der Waals surface area contributed by atoms with Crippen molar-refractivity contribution < 1.29 is 36.6 Å². The third kappa shape index (κ3) is 9.00. The minimum Gasteiger partial charge on any atom is -0.383 e. The molecule has 4 atom stereocenters. The Morgan fingerprint density at radius 1 is 0.611 bits per heavy atom. The molecule has 0 saturated carbocycles. The van der Waals surface area contributed by atoms with Crippen LogP contribution in [0.15, 0.2) is 74.4 Å². The monoisotopic (exact) mass is 794 g/mol. The maximum absolute atomic E-state index is 14.5. The fourth-order valence-electron chi connectivity index (χ4n) is 5.78. The Morgan fingerprint density at radius 2 is 1.00 bits per heavy atom. The summed E-state index contributed by atoms with van der Waals surface area (Å²) >= 11 is 11.3. The maximum atomic E-state index is 14.5. The van der Waals surface area contributed by atoms with Crippen LogP contribution in [0.4, 0.5) is 26.3 Å². The SMILES string of the molecule is C[C@@H](Cc1ncnc(Cl)c1F)[C@@](O)(Cn1cncn1)c1ccc(F)cc1F.C[C@H](Cc1ncnc(Cl)c1F)[C@](O)(Cn1cncn1)c1ccc(F)cc1F. The van der Waals surface area contributed by atoms with E-state index in [1.54, 1.807) is 13.8 Å². The van der Waals surface area contributed by atoms with Crippen LogP contribution in [0.5, 0.6) is 0 Å². The highest BCUT2D eigenvalue weighted by molar-refractivity contribution is 6.29. The Bertz CT molecular complexity index is 2030. The van der Waals surface area contributed by atoms with Gasteiger partial charge in [-0.25, -0.2) is 65.6 Å². The second-order valence-corrected chi connectivity index (χ2v) is 13.1. The molecular formula is C34H30Cl2F6N10O2. The van der Waals surface area contributed by atoms with Gasteiger partial charge >= 0.3 is 0 Å². The number of benzene rings is 2. The number of halogens is 8. The molecule has 0 aliphatic carbocycles. The largest absolute Gasteiger partial charge is 0.383 e. The van der Waals surface area contributed by atoms with E-state index in [1.807, 2.05) is 0 Å². The summed E-state index contributed by atoms with van der Waals surface area (Å²) < 4.78 is 86.5. The molecule has 284 valence electrons. The molecule has 6 rings (SSSR count). The Hall–Kier alpha value is -5.04. The van der Waals surface area contributed by atoms with Crippen LogP contribution in [-0.2, 0) is 37.1 Å². The van der Waals surface area contributed by atoms with Crippen LogP contribution in [0, 0.1) is 46.7 Å². The third-order valence-electron chi connectivity index (χ3n) is 8.80. The van der Waals surface area contributed by atoms with Crippen LogP contribution in [0.25, 0.3) is 0 Å². The Balaban J connectivity index is 0.000000208. The van der Waals surface area contributed by atoms with Gasteiger partial charge in [-0.05, 0) is 36.8 Å². The van der Waals surface area contributed by atoms with Crippen molar-refractivity contribution in [1.29, 1.82) is 0 Å². The third-order valence-corrected chi connectivity index (χ3v) is 9.33. The lowest BCUT2D eigenvalue weighted by Gasteiger charge is -2.34. The minimum absolute atomic E-state index is 0.0259.